The van der Waals surface area contributed by atoms with Gasteiger partial charge in [-0.15, -0.1) is 23.5 Å². The third kappa shape index (κ3) is 3.47. The van der Waals surface area contributed by atoms with Gasteiger partial charge in [0, 0.05) is 11.5 Å². The number of allylic oxidation sites excluding steroid dienone is 2. The van der Waals surface area contributed by atoms with Crippen LogP contribution >= 0.6 is 23.5 Å². The molecule has 0 aromatic carbocycles. The molecule has 1 aliphatic heterocycles. The Balaban J connectivity index is 1.45. The van der Waals surface area contributed by atoms with Crippen molar-refractivity contribution in [2.45, 2.75) is 82.2 Å². The zero-order valence-electron chi connectivity index (χ0n) is 19.1. The van der Waals surface area contributed by atoms with E-state index in [1.807, 2.05) is 5.57 Å². The van der Waals surface area contributed by atoms with Crippen LogP contribution in [-0.2, 0) is 4.43 Å². The highest BCUT2D eigenvalue weighted by atomic mass is 32.2. The van der Waals surface area contributed by atoms with Crippen molar-refractivity contribution in [2.24, 2.45) is 35.0 Å². The minimum atomic E-state index is -1.52. The number of hydrogen-bond acceptors (Lipinski definition) is 3. The van der Waals surface area contributed by atoms with E-state index in [0.717, 1.165) is 29.6 Å². The zero-order chi connectivity index (χ0) is 20.6. The third-order valence-electron chi connectivity index (χ3n) is 8.89. The molecule has 0 N–H and O–H groups in total. The van der Waals surface area contributed by atoms with E-state index in [9.17, 15) is 0 Å². The molecule has 1 spiro atoms. The van der Waals surface area contributed by atoms with E-state index < -0.39 is 8.32 Å². The Morgan fingerprint density at radius 1 is 1.14 bits per heavy atom. The fourth-order valence-corrected chi connectivity index (χ4v) is 12.4. The molecule has 3 saturated carbocycles. The summed E-state index contributed by atoms with van der Waals surface area (Å²) in [4.78, 5) is 0. The predicted octanol–water partition coefficient (Wildman–Crippen LogP) is 7.37. The van der Waals surface area contributed by atoms with Crippen LogP contribution in [0.1, 0.15) is 52.4 Å². The summed E-state index contributed by atoms with van der Waals surface area (Å²) in [5.41, 5.74) is 3.70. The summed E-state index contributed by atoms with van der Waals surface area (Å²) in [6.45, 7) is 17.0. The Hall–Kier alpha value is 0.357. The first kappa shape index (κ1) is 21.2. The molecule has 4 unspecified atom stereocenters. The highest BCUT2D eigenvalue weighted by Crippen LogP contribution is 2.66. The average Bonchev–Trinajstić information content (AvgIpc) is 3.18. The average molecular weight is 449 g/mol. The Kier molecular flexibility index (Phi) is 5.25. The second-order valence-electron chi connectivity index (χ2n) is 11.9. The van der Waals surface area contributed by atoms with Crippen LogP contribution < -0.4 is 0 Å². The molecule has 162 valence electrons. The fourth-order valence-electron chi connectivity index (χ4n) is 7.99. The van der Waals surface area contributed by atoms with Gasteiger partial charge in [0.25, 0.3) is 0 Å². The van der Waals surface area contributed by atoms with Crippen LogP contribution in [0.25, 0.3) is 0 Å². The molecule has 7 atom stereocenters. The molecule has 5 aliphatic rings. The maximum atomic E-state index is 6.79. The minimum absolute atomic E-state index is 0.320. The van der Waals surface area contributed by atoms with E-state index in [2.05, 4.69) is 63.1 Å². The van der Waals surface area contributed by atoms with Crippen molar-refractivity contribution in [1.29, 1.82) is 0 Å². The van der Waals surface area contributed by atoms with E-state index in [1.165, 1.54) is 50.0 Å². The first-order chi connectivity index (χ1) is 13.6. The SMILES string of the molecule is C=C1C[C@@]2(C)C(CC[C@@H]2O[Si](C)(C)C)C2C1C1CCC3(C=C1C[C@H]2C)SCCS3. The topological polar surface area (TPSA) is 9.23 Å². The maximum Gasteiger partial charge on any atom is 0.184 e. The molecule has 0 bridgehead atoms. The molecular weight excluding hydrogens is 408 g/mol. The van der Waals surface area contributed by atoms with Gasteiger partial charge >= 0.3 is 0 Å². The van der Waals surface area contributed by atoms with Crippen LogP contribution in [-0.4, -0.2) is 30.0 Å². The maximum absolute atomic E-state index is 6.79. The van der Waals surface area contributed by atoms with Gasteiger partial charge in [-0.2, -0.15) is 0 Å². The molecule has 0 aromatic rings. The quantitative estimate of drug-likeness (QED) is 0.322. The van der Waals surface area contributed by atoms with Crippen molar-refractivity contribution >= 4 is 31.8 Å². The van der Waals surface area contributed by atoms with Crippen molar-refractivity contribution in [3.8, 4) is 0 Å². The monoisotopic (exact) mass is 448 g/mol. The lowest BCUT2D eigenvalue weighted by Gasteiger charge is -2.58. The summed E-state index contributed by atoms with van der Waals surface area (Å²) in [5.74, 6) is 6.67. The number of rotatable bonds is 2. The number of fused-ring (bicyclic) bond motifs is 5. The van der Waals surface area contributed by atoms with E-state index >= 15 is 0 Å². The van der Waals surface area contributed by atoms with Gasteiger partial charge < -0.3 is 4.43 Å². The molecule has 0 amide bonds. The predicted molar refractivity (Wildman–Crippen MR) is 132 cm³/mol. The highest BCUT2D eigenvalue weighted by molar-refractivity contribution is 8.21. The Bertz CT molecular complexity index is 719. The first-order valence-electron chi connectivity index (χ1n) is 12.0. The molecule has 0 radical (unpaired) electrons. The van der Waals surface area contributed by atoms with Crippen LogP contribution in [0.2, 0.25) is 19.6 Å². The van der Waals surface area contributed by atoms with E-state index in [1.54, 1.807) is 5.57 Å². The molecule has 29 heavy (non-hydrogen) atoms. The van der Waals surface area contributed by atoms with Crippen molar-refractivity contribution in [3.63, 3.8) is 0 Å². The van der Waals surface area contributed by atoms with Gasteiger partial charge in [-0.25, -0.2) is 0 Å². The molecule has 1 saturated heterocycles. The van der Waals surface area contributed by atoms with Crippen molar-refractivity contribution in [1.82, 2.24) is 0 Å². The van der Waals surface area contributed by atoms with Crippen molar-refractivity contribution in [3.05, 3.63) is 23.8 Å². The second-order valence-corrected chi connectivity index (χ2v) is 19.5. The molecular formula is C25H40OS2Si. The summed E-state index contributed by atoms with van der Waals surface area (Å²) < 4.78 is 7.21. The minimum Gasteiger partial charge on any atom is -0.414 e. The lowest BCUT2D eigenvalue weighted by atomic mass is 9.48. The standard InChI is InChI=1S/C25H40OS2Si/c1-16-13-18-15-25(27-11-12-28-25)10-9-19(18)22-17(2)14-24(3)20(23(16)22)7-8-21(24)26-29(4,5)6/h15-16,19-23H,2,7-14H2,1,3-6H3/t16-,19?,20?,21+,22?,23?,24+/m1/s1. The third-order valence-corrected chi connectivity index (χ3v) is 13.3. The lowest BCUT2D eigenvalue weighted by Crippen LogP contribution is -2.52. The molecule has 5 rings (SSSR count). The van der Waals surface area contributed by atoms with Gasteiger partial charge in [0.1, 0.15) is 0 Å². The Morgan fingerprint density at radius 2 is 1.86 bits per heavy atom. The van der Waals surface area contributed by atoms with Gasteiger partial charge in [-0.05, 0) is 93.2 Å². The normalized spacial score (nSPS) is 46.2. The molecule has 1 heterocycles. The van der Waals surface area contributed by atoms with Gasteiger partial charge in [0.2, 0.25) is 0 Å². The van der Waals surface area contributed by atoms with Gasteiger partial charge in [0.15, 0.2) is 8.32 Å². The largest absolute Gasteiger partial charge is 0.414 e. The van der Waals surface area contributed by atoms with E-state index in [0.29, 0.717) is 15.6 Å². The van der Waals surface area contributed by atoms with E-state index in [-0.39, 0.29) is 0 Å². The van der Waals surface area contributed by atoms with Crippen LogP contribution in [0, 0.1) is 35.0 Å². The van der Waals surface area contributed by atoms with Crippen LogP contribution in [0.3, 0.4) is 0 Å². The highest BCUT2D eigenvalue weighted by Gasteiger charge is 2.60. The summed E-state index contributed by atoms with van der Waals surface area (Å²) >= 11 is 4.45. The smallest absolute Gasteiger partial charge is 0.184 e. The molecule has 1 nitrogen and oxygen atoms in total. The number of thioether (sulfide) groups is 2. The summed E-state index contributed by atoms with van der Waals surface area (Å²) in [7, 11) is -1.52. The fraction of sp³-hybridized carbons (Fsp3) is 0.840. The zero-order valence-corrected chi connectivity index (χ0v) is 21.8. The molecule has 0 aromatic heterocycles. The number of hydrogen-bond donors (Lipinski definition) is 0. The van der Waals surface area contributed by atoms with Crippen LogP contribution in [0.15, 0.2) is 23.8 Å². The summed E-state index contributed by atoms with van der Waals surface area (Å²) in [6, 6.07) is 0. The van der Waals surface area contributed by atoms with Gasteiger partial charge in [-0.1, -0.05) is 37.6 Å². The van der Waals surface area contributed by atoms with Crippen molar-refractivity contribution in [2.75, 3.05) is 11.5 Å². The molecule has 4 heteroatoms. The summed E-state index contributed by atoms with van der Waals surface area (Å²) in [6.07, 6.45) is 11.2. The van der Waals surface area contributed by atoms with E-state index in [4.69, 9.17) is 11.0 Å². The molecule has 4 aliphatic carbocycles. The lowest BCUT2D eigenvalue weighted by molar-refractivity contribution is -0.0371. The van der Waals surface area contributed by atoms with Gasteiger partial charge in [0.05, 0.1) is 10.2 Å². The first-order valence-corrected chi connectivity index (χ1v) is 17.3. The van der Waals surface area contributed by atoms with Crippen LogP contribution in [0.5, 0.6) is 0 Å². The second kappa shape index (κ2) is 7.18. The van der Waals surface area contributed by atoms with Gasteiger partial charge in [-0.3, -0.25) is 0 Å². The Labute approximate surface area is 188 Å². The summed E-state index contributed by atoms with van der Waals surface area (Å²) in [5, 5.41) is 0. The Morgan fingerprint density at radius 3 is 2.55 bits per heavy atom. The van der Waals surface area contributed by atoms with Crippen molar-refractivity contribution < 1.29 is 4.43 Å². The molecule has 4 fully saturated rings. The van der Waals surface area contributed by atoms with Crippen LogP contribution in [0.4, 0.5) is 0 Å².